The van der Waals surface area contributed by atoms with Gasteiger partial charge in [-0.25, -0.2) is 13.1 Å². The Bertz CT molecular complexity index is 1550. The quantitative estimate of drug-likeness (QED) is 0.0652. The number of ketones is 1. The zero-order valence-corrected chi connectivity index (χ0v) is 26.0. The van der Waals surface area contributed by atoms with E-state index in [0.29, 0.717) is 18.7 Å². The van der Waals surface area contributed by atoms with Gasteiger partial charge in [0, 0.05) is 41.3 Å². The predicted molar refractivity (Wildman–Crippen MR) is 169 cm³/mol. The number of amides is 2. The number of nitrogens with one attached hydrogen (secondary N) is 3. The number of rotatable bonds is 16. The molecule has 3 rings (SSSR count). The van der Waals surface area contributed by atoms with Gasteiger partial charge in [-0.15, -0.1) is 11.8 Å². The molecule has 14 heteroatoms. The summed E-state index contributed by atoms with van der Waals surface area (Å²) >= 11 is 3.19. The van der Waals surface area contributed by atoms with Crippen molar-refractivity contribution in [3.63, 3.8) is 0 Å². The van der Waals surface area contributed by atoms with Crippen molar-refractivity contribution in [3.05, 3.63) is 94.0 Å². The Morgan fingerprint density at radius 1 is 0.953 bits per heavy atom. The lowest BCUT2D eigenvalue weighted by molar-refractivity contribution is -0.384. The predicted octanol–water partition coefficient (Wildman–Crippen LogP) is 4.75. The number of anilines is 1. The minimum Gasteiger partial charge on any atom is -0.379 e. The van der Waals surface area contributed by atoms with Crippen LogP contribution in [0.4, 0.5) is 11.4 Å². The summed E-state index contributed by atoms with van der Waals surface area (Å²) < 4.78 is 27.8. The summed E-state index contributed by atoms with van der Waals surface area (Å²) in [4.78, 5) is 48.9. The molecule has 1 atom stereocenters. The molecular formula is C29H32N4O7S3. The van der Waals surface area contributed by atoms with E-state index in [1.807, 2.05) is 41.3 Å². The highest BCUT2D eigenvalue weighted by atomic mass is 32.2. The maximum Gasteiger partial charge on any atom is 0.293 e. The molecule has 0 aliphatic carbocycles. The van der Waals surface area contributed by atoms with Gasteiger partial charge in [-0.1, -0.05) is 30.3 Å². The largest absolute Gasteiger partial charge is 0.379 e. The molecule has 3 aromatic rings. The van der Waals surface area contributed by atoms with Crippen molar-refractivity contribution < 1.29 is 27.7 Å². The molecule has 43 heavy (non-hydrogen) atoms. The average molecular weight is 645 g/mol. The lowest BCUT2D eigenvalue weighted by Gasteiger charge is -2.17. The number of carbonyl (C=O) groups is 3. The van der Waals surface area contributed by atoms with Gasteiger partial charge in [0.1, 0.15) is 5.69 Å². The highest BCUT2D eigenvalue weighted by Gasteiger charge is 2.25. The highest BCUT2D eigenvalue weighted by Crippen LogP contribution is 2.28. The number of nitro benzene ring substituents is 1. The molecule has 0 heterocycles. The van der Waals surface area contributed by atoms with Crippen LogP contribution in [0.2, 0.25) is 0 Å². The van der Waals surface area contributed by atoms with Gasteiger partial charge in [0.2, 0.25) is 5.91 Å². The number of sulfonamides is 1. The van der Waals surface area contributed by atoms with Gasteiger partial charge >= 0.3 is 0 Å². The molecular weight excluding hydrogens is 613 g/mol. The first-order valence-electron chi connectivity index (χ1n) is 13.2. The third-order valence-electron chi connectivity index (χ3n) is 6.10. The first-order chi connectivity index (χ1) is 20.5. The Balaban J connectivity index is 1.67. The number of Topliss-reactive ketones (excluding diaryl/α,β-unsaturated/α-hetero) is 1. The summed E-state index contributed by atoms with van der Waals surface area (Å²) in [5.41, 5.74) is -0.0881. The summed E-state index contributed by atoms with van der Waals surface area (Å²) in [6.45, 7) is 1.72. The molecule has 3 N–H and O–H groups in total. The SMILES string of the molecule is CSCCC[C@H](NC(C)=O)C(=O)c1ccc(C(=O)NS(=O)(=O)c2ccc(NCCSc3ccccc3)c([N+](=O)[O-])c2)cc1. The van der Waals surface area contributed by atoms with Crippen LogP contribution in [-0.4, -0.2) is 61.3 Å². The Morgan fingerprint density at radius 2 is 1.63 bits per heavy atom. The molecule has 0 saturated heterocycles. The summed E-state index contributed by atoms with van der Waals surface area (Å²) in [6.07, 6.45) is 3.12. The second kappa shape index (κ2) is 16.1. The van der Waals surface area contributed by atoms with E-state index in [4.69, 9.17) is 0 Å². The molecule has 0 aliphatic rings. The second-order valence-electron chi connectivity index (χ2n) is 9.29. The smallest absolute Gasteiger partial charge is 0.293 e. The molecule has 0 aromatic heterocycles. The van der Waals surface area contributed by atoms with E-state index in [0.717, 1.165) is 23.1 Å². The van der Waals surface area contributed by atoms with Crippen LogP contribution in [0.5, 0.6) is 0 Å². The van der Waals surface area contributed by atoms with Crippen molar-refractivity contribution in [3.8, 4) is 0 Å². The zero-order chi connectivity index (χ0) is 31.4. The maximum absolute atomic E-state index is 13.0. The fraction of sp³-hybridized carbons (Fsp3) is 0.276. The van der Waals surface area contributed by atoms with E-state index in [1.54, 1.807) is 23.5 Å². The lowest BCUT2D eigenvalue weighted by Crippen LogP contribution is -2.39. The van der Waals surface area contributed by atoms with Crippen LogP contribution < -0.4 is 15.4 Å². The molecule has 11 nitrogen and oxygen atoms in total. The number of carbonyl (C=O) groups excluding carboxylic acids is 3. The molecule has 0 radical (unpaired) electrons. The van der Waals surface area contributed by atoms with Gasteiger partial charge in [-0.2, -0.15) is 11.8 Å². The van der Waals surface area contributed by atoms with Gasteiger partial charge in [0.05, 0.1) is 15.9 Å². The zero-order valence-electron chi connectivity index (χ0n) is 23.6. The van der Waals surface area contributed by atoms with E-state index in [2.05, 4.69) is 10.6 Å². The van der Waals surface area contributed by atoms with Crippen molar-refractivity contribution in [2.24, 2.45) is 0 Å². The summed E-state index contributed by atoms with van der Waals surface area (Å²) in [5.74, 6) is -0.188. The number of hydrogen-bond donors (Lipinski definition) is 3. The van der Waals surface area contributed by atoms with Crippen molar-refractivity contribution >= 4 is 62.5 Å². The van der Waals surface area contributed by atoms with E-state index in [9.17, 15) is 32.9 Å². The Morgan fingerprint density at radius 3 is 2.26 bits per heavy atom. The van der Waals surface area contributed by atoms with Crippen molar-refractivity contribution in [2.45, 2.75) is 35.6 Å². The Kier molecular flexibility index (Phi) is 12.6. The van der Waals surface area contributed by atoms with Crippen LogP contribution in [0, 0.1) is 10.1 Å². The molecule has 3 aromatic carbocycles. The monoisotopic (exact) mass is 644 g/mol. The molecule has 0 bridgehead atoms. The Hall–Kier alpha value is -3.88. The minimum atomic E-state index is -4.46. The topological polar surface area (TPSA) is 165 Å². The molecule has 0 saturated carbocycles. The van der Waals surface area contributed by atoms with Gasteiger partial charge in [0.15, 0.2) is 5.78 Å². The standard InChI is InChI=1S/C29H32N4O7S3/c1-20(34)31-26(9-6-17-41-2)28(35)21-10-12-22(13-11-21)29(36)32-43(39,40)24-14-15-25(27(19-24)33(37)38)30-16-18-42-23-7-4-3-5-8-23/h3-5,7-8,10-15,19,26,30H,6,9,16-18H2,1-2H3,(H,31,34)(H,32,36)/t26-/m0/s1. The third kappa shape index (κ3) is 10.1. The van der Waals surface area contributed by atoms with Crippen LogP contribution in [0.3, 0.4) is 0 Å². The van der Waals surface area contributed by atoms with E-state index < -0.39 is 37.5 Å². The summed E-state index contributed by atoms with van der Waals surface area (Å²) in [5, 5.41) is 17.3. The maximum atomic E-state index is 13.0. The molecule has 0 unspecified atom stereocenters. The second-order valence-corrected chi connectivity index (χ2v) is 13.1. The number of benzene rings is 3. The average Bonchev–Trinajstić information content (AvgIpc) is 2.98. The summed E-state index contributed by atoms with van der Waals surface area (Å²) in [6, 6.07) is 17.6. The summed E-state index contributed by atoms with van der Waals surface area (Å²) in [7, 11) is -4.46. The van der Waals surface area contributed by atoms with Crippen LogP contribution in [0.15, 0.2) is 82.6 Å². The fourth-order valence-electron chi connectivity index (χ4n) is 4.02. The van der Waals surface area contributed by atoms with Crippen LogP contribution in [-0.2, 0) is 14.8 Å². The van der Waals surface area contributed by atoms with Crippen molar-refractivity contribution in [2.75, 3.05) is 29.6 Å². The molecule has 2 amide bonds. The molecule has 0 fully saturated rings. The number of nitro groups is 1. The van der Waals surface area contributed by atoms with Gasteiger partial charge in [-0.3, -0.25) is 24.5 Å². The highest BCUT2D eigenvalue weighted by molar-refractivity contribution is 7.99. The minimum absolute atomic E-state index is 0.0395. The first kappa shape index (κ1) is 33.6. The molecule has 0 aliphatic heterocycles. The van der Waals surface area contributed by atoms with Crippen LogP contribution in [0.25, 0.3) is 0 Å². The number of thioether (sulfide) groups is 2. The van der Waals surface area contributed by atoms with Crippen molar-refractivity contribution in [1.82, 2.24) is 10.0 Å². The van der Waals surface area contributed by atoms with Crippen molar-refractivity contribution in [1.29, 1.82) is 0 Å². The number of nitrogens with zero attached hydrogens (tertiary/aromatic N) is 1. The first-order valence-corrected chi connectivity index (χ1v) is 17.1. The molecule has 0 spiro atoms. The third-order valence-corrected chi connectivity index (χ3v) is 9.14. The van der Waals surface area contributed by atoms with E-state index in [-0.39, 0.29) is 28.5 Å². The van der Waals surface area contributed by atoms with Gasteiger partial charge in [0.25, 0.3) is 21.6 Å². The van der Waals surface area contributed by atoms with E-state index >= 15 is 0 Å². The van der Waals surface area contributed by atoms with Crippen LogP contribution in [0.1, 0.15) is 40.5 Å². The van der Waals surface area contributed by atoms with E-state index in [1.165, 1.54) is 43.3 Å². The Labute approximate surface area is 258 Å². The number of hydrogen-bond acceptors (Lipinski definition) is 10. The van der Waals surface area contributed by atoms with Crippen LogP contribution >= 0.6 is 23.5 Å². The van der Waals surface area contributed by atoms with Gasteiger partial charge in [-0.05, 0) is 61.2 Å². The normalized spacial score (nSPS) is 11.8. The lowest BCUT2D eigenvalue weighted by atomic mass is 9.99. The van der Waals surface area contributed by atoms with Gasteiger partial charge < -0.3 is 10.6 Å². The molecule has 228 valence electrons. The fourth-order valence-corrected chi connectivity index (χ4v) is 6.26.